The molecule has 2 atom stereocenters. The molecule has 0 spiro atoms. The Morgan fingerprint density at radius 2 is 2.22 bits per heavy atom. The van der Waals surface area contributed by atoms with Crippen molar-refractivity contribution in [1.29, 1.82) is 0 Å². The van der Waals surface area contributed by atoms with Crippen LogP contribution in [0, 0.1) is 5.82 Å². The van der Waals surface area contributed by atoms with Gasteiger partial charge in [-0.15, -0.1) is 0 Å². The van der Waals surface area contributed by atoms with E-state index < -0.39 is 35.9 Å². The van der Waals surface area contributed by atoms with Crippen LogP contribution in [-0.2, 0) is 14.3 Å². The number of halogens is 2. The molecule has 1 saturated heterocycles. The van der Waals surface area contributed by atoms with E-state index >= 15 is 0 Å². The summed E-state index contributed by atoms with van der Waals surface area (Å²) in [5.74, 6) is -1.60. The zero-order valence-electron chi connectivity index (χ0n) is 12.2. The lowest BCUT2D eigenvalue weighted by atomic mass is 10.1. The molecule has 0 aromatic heterocycles. The fourth-order valence-electron chi connectivity index (χ4n) is 2.36. The molecular formula is C14H15ClFN3O4. The number of amides is 3. The second kappa shape index (κ2) is 6.82. The summed E-state index contributed by atoms with van der Waals surface area (Å²) in [6.45, 7) is 2.01. The van der Waals surface area contributed by atoms with E-state index in [2.05, 4.69) is 10.1 Å². The van der Waals surface area contributed by atoms with E-state index in [0.717, 1.165) is 6.07 Å². The minimum atomic E-state index is -1.10. The van der Waals surface area contributed by atoms with Crippen LogP contribution < -0.4 is 16.0 Å². The van der Waals surface area contributed by atoms with Crippen molar-refractivity contribution in [3.05, 3.63) is 29.0 Å². The van der Waals surface area contributed by atoms with Crippen LogP contribution in [-0.4, -0.2) is 36.6 Å². The maximum absolute atomic E-state index is 13.2. The number of nitrogens with one attached hydrogen (secondary N) is 1. The molecule has 9 heteroatoms. The molecule has 1 aliphatic rings. The van der Waals surface area contributed by atoms with Crippen molar-refractivity contribution in [2.75, 3.05) is 11.4 Å². The van der Waals surface area contributed by atoms with Crippen LogP contribution >= 0.6 is 11.6 Å². The summed E-state index contributed by atoms with van der Waals surface area (Å²) in [6, 6.07) is 3.03. The minimum absolute atomic E-state index is 0.0218. The molecule has 1 fully saturated rings. The standard InChI is InChI=1S/C14H15ClFN3O4/c1-2-19(7-3-4-9(16)8(15)5-7)13(21)10-6-11(12(20)18-10)23-14(17)22/h3-5,10-11H,2,6H2,1H3,(H2,17,22)(H,18,20)/t10-,11-/m0/s1. The highest BCUT2D eigenvalue weighted by molar-refractivity contribution is 6.31. The topological polar surface area (TPSA) is 102 Å². The first-order chi connectivity index (χ1) is 10.8. The predicted molar refractivity (Wildman–Crippen MR) is 80.4 cm³/mol. The van der Waals surface area contributed by atoms with Gasteiger partial charge in [-0.25, -0.2) is 9.18 Å². The van der Waals surface area contributed by atoms with Gasteiger partial charge in [-0.3, -0.25) is 9.59 Å². The molecule has 0 bridgehead atoms. The van der Waals surface area contributed by atoms with Gasteiger partial charge in [0.2, 0.25) is 5.91 Å². The molecular weight excluding hydrogens is 329 g/mol. The van der Waals surface area contributed by atoms with Crippen molar-refractivity contribution in [3.63, 3.8) is 0 Å². The van der Waals surface area contributed by atoms with E-state index in [1.165, 1.54) is 17.0 Å². The van der Waals surface area contributed by atoms with Crippen LogP contribution in [0.1, 0.15) is 13.3 Å². The number of nitrogens with two attached hydrogens (primary N) is 1. The van der Waals surface area contributed by atoms with E-state index in [0.29, 0.717) is 5.69 Å². The smallest absolute Gasteiger partial charge is 0.405 e. The third-order valence-corrected chi connectivity index (χ3v) is 3.70. The molecule has 0 saturated carbocycles. The van der Waals surface area contributed by atoms with Crippen LogP contribution in [0.4, 0.5) is 14.9 Å². The summed E-state index contributed by atoms with van der Waals surface area (Å²) in [6.07, 6.45) is -2.21. The molecule has 0 unspecified atom stereocenters. The van der Waals surface area contributed by atoms with E-state index in [4.69, 9.17) is 17.3 Å². The van der Waals surface area contributed by atoms with Crippen LogP contribution in [0.15, 0.2) is 18.2 Å². The Bertz CT molecular complexity index is 655. The molecule has 1 aliphatic heterocycles. The fourth-order valence-corrected chi connectivity index (χ4v) is 2.53. The van der Waals surface area contributed by atoms with Gasteiger partial charge < -0.3 is 20.7 Å². The molecule has 1 aromatic carbocycles. The maximum Gasteiger partial charge on any atom is 0.405 e. The van der Waals surface area contributed by atoms with Gasteiger partial charge in [0.05, 0.1) is 5.02 Å². The lowest BCUT2D eigenvalue weighted by Gasteiger charge is -2.24. The van der Waals surface area contributed by atoms with Gasteiger partial charge in [-0.05, 0) is 25.1 Å². The monoisotopic (exact) mass is 343 g/mol. The molecule has 2 rings (SSSR count). The molecule has 3 N–H and O–H groups in total. The number of benzene rings is 1. The Morgan fingerprint density at radius 1 is 1.52 bits per heavy atom. The zero-order chi connectivity index (χ0) is 17.1. The molecule has 7 nitrogen and oxygen atoms in total. The van der Waals surface area contributed by atoms with E-state index in [9.17, 15) is 18.8 Å². The summed E-state index contributed by atoms with van der Waals surface area (Å²) in [5, 5.41) is 2.34. The van der Waals surface area contributed by atoms with Crippen molar-refractivity contribution in [3.8, 4) is 0 Å². The van der Waals surface area contributed by atoms with Crippen molar-refractivity contribution in [1.82, 2.24) is 5.32 Å². The molecule has 1 aromatic rings. The summed E-state index contributed by atoms with van der Waals surface area (Å²) in [4.78, 5) is 36.3. The second-order valence-electron chi connectivity index (χ2n) is 4.90. The highest BCUT2D eigenvalue weighted by atomic mass is 35.5. The van der Waals surface area contributed by atoms with Gasteiger partial charge >= 0.3 is 6.09 Å². The zero-order valence-corrected chi connectivity index (χ0v) is 13.0. The average molecular weight is 344 g/mol. The number of nitrogens with zero attached hydrogens (tertiary/aromatic N) is 1. The number of ether oxygens (including phenoxy) is 1. The van der Waals surface area contributed by atoms with Gasteiger partial charge in [0.1, 0.15) is 11.9 Å². The third-order valence-electron chi connectivity index (χ3n) is 3.41. The lowest BCUT2D eigenvalue weighted by molar-refractivity contribution is -0.127. The van der Waals surface area contributed by atoms with Crippen LogP contribution in [0.3, 0.4) is 0 Å². The van der Waals surface area contributed by atoms with Crippen LogP contribution in [0.5, 0.6) is 0 Å². The molecule has 1 heterocycles. The predicted octanol–water partition coefficient (Wildman–Crippen LogP) is 1.18. The highest BCUT2D eigenvalue weighted by Crippen LogP contribution is 2.24. The van der Waals surface area contributed by atoms with Crippen molar-refractivity contribution in [2.24, 2.45) is 5.73 Å². The molecule has 0 aliphatic carbocycles. The summed E-state index contributed by atoms with van der Waals surface area (Å²) in [5.41, 5.74) is 5.28. The largest absolute Gasteiger partial charge is 0.436 e. The number of carbonyl (C=O) groups is 3. The maximum atomic E-state index is 13.2. The second-order valence-corrected chi connectivity index (χ2v) is 5.31. The van der Waals surface area contributed by atoms with Crippen LogP contribution in [0.2, 0.25) is 5.02 Å². The SMILES string of the molecule is CCN(C(=O)[C@@H]1C[C@H](OC(N)=O)C(=O)N1)c1ccc(F)c(Cl)c1. The number of primary amides is 1. The summed E-state index contributed by atoms with van der Waals surface area (Å²) >= 11 is 5.73. The van der Waals surface area contributed by atoms with Gasteiger partial charge in [-0.2, -0.15) is 0 Å². The molecule has 23 heavy (non-hydrogen) atoms. The number of likely N-dealkylation sites (N-methyl/N-ethyl adjacent to an activating group) is 1. The lowest BCUT2D eigenvalue weighted by Crippen LogP contribution is -2.44. The van der Waals surface area contributed by atoms with Crippen molar-refractivity contribution in [2.45, 2.75) is 25.5 Å². The van der Waals surface area contributed by atoms with Crippen LogP contribution in [0.25, 0.3) is 0 Å². The Labute approximate surface area is 136 Å². The van der Waals surface area contributed by atoms with Gasteiger partial charge in [0, 0.05) is 18.7 Å². The van der Waals surface area contributed by atoms with Gasteiger partial charge in [0.25, 0.3) is 5.91 Å². The fraction of sp³-hybridized carbons (Fsp3) is 0.357. The highest BCUT2D eigenvalue weighted by Gasteiger charge is 2.40. The first-order valence-corrected chi connectivity index (χ1v) is 7.24. The number of hydrogen-bond donors (Lipinski definition) is 2. The van der Waals surface area contributed by atoms with Gasteiger partial charge in [0.15, 0.2) is 6.10 Å². The van der Waals surface area contributed by atoms with E-state index in [1.807, 2.05) is 0 Å². The Morgan fingerprint density at radius 3 is 2.78 bits per heavy atom. The molecule has 3 amide bonds. The Hall–Kier alpha value is -2.35. The molecule has 0 radical (unpaired) electrons. The first-order valence-electron chi connectivity index (χ1n) is 6.86. The number of rotatable bonds is 4. The van der Waals surface area contributed by atoms with Crippen molar-refractivity contribution >= 4 is 35.2 Å². The quantitative estimate of drug-likeness (QED) is 0.857. The van der Waals surface area contributed by atoms with Gasteiger partial charge in [-0.1, -0.05) is 11.6 Å². The minimum Gasteiger partial charge on any atom is -0.436 e. The van der Waals surface area contributed by atoms with Crippen molar-refractivity contribution < 1.29 is 23.5 Å². The number of anilines is 1. The summed E-state index contributed by atoms with van der Waals surface area (Å²) < 4.78 is 17.9. The Kier molecular flexibility index (Phi) is 5.05. The first kappa shape index (κ1) is 17.0. The number of hydrogen-bond acceptors (Lipinski definition) is 4. The Balaban J connectivity index is 2.15. The average Bonchev–Trinajstić information content (AvgIpc) is 2.84. The van der Waals surface area contributed by atoms with E-state index in [1.54, 1.807) is 6.92 Å². The van der Waals surface area contributed by atoms with E-state index in [-0.39, 0.29) is 18.0 Å². The number of carbonyl (C=O) groups excluding carboxylic acids is 3. The molecule has 124 valence electrons. The third kappa shape index (κ3) is 3.70. The summed E-state index contributed by atoms with van der Waals surface area (Å²) in [7, 11) is 0. The normalized spacial score (nSPS) is 20.0.